The van der Waals surface area contributed by atoms with Crippen LogP contribution in [0.25, 0.3) is 0 Å². The molecule has 0 aromatic heterocycles. The van der Waals surface area contributed by atoms with Gasteiger partial charge in [0.25, 0.3) is 0 Å². The first-order chi connectivity index (χ1) is 10.2. The summed E-state index contributed by atoms with van der Waals surface area (Å²) >= 11 is 0. The molecule has 1 atom stereocenters. The van der Waals surface area contributed by atoms with E-state index in [0.717, 1.165) is 19.6 Å². The van der Waals surface area contributed by atoms with Crippen LogP contribution in [0, 0.1) is 0 Å². The number of nitrogens with one attached hydrogen (secondary N) is 1. The molecular weight excluding hydrogens is 256 g/mol. The first-order valence-electron chi connectivity index (χ1n) is 8.73. The molecule has 0 amide bonds. The monoisotopic (exact) mass is 290 g/mol. The average molecular weight is 290 g/mol. The second kappa shape index (κ2) is 9.22. The van der Waals surface area contributed by atoms with E-state index >= 15 is 0 Å². The highest BCUT2D eigenvalue weighted by Gasteiger charge is 2.40. The van der Waals surface area contributed by atoms with Crippen LogP contribution >= 0.6 is 0 Å². The Bertz CT molecular complexity index is 366. The lowest BCUT2D eigenvalue weighted by Gasteiger charge is -2.48. The molecule has 0 aliphatic heterocycles. The Morgan fingerprint density at radius 1 is 0.952 bits per heavy atom. The number of likely N-dealkylation sites (N-methyl/N-ethyl adjacent to an activating group) is 1. The van der Waals surface area contributed by atoms with Crippen LogP contribution in [-0.2, 0) is 0 Å². The number of rotatable bonds is 10. The van der Waals surface area contributed by atoms with Crippen molar-refractivity contribution in [2.24, 2.45) is 0 Å². The van der Waals surface area contributed by atoms with Gasteiger partial charge < -0.3 is 5.32 Å². The molecule has 0 aliphatic rings. The van der Waals surface area contributed by atoms with E-state index in [2.05, 4.69) is 75.2 Å². The zero-order valence-electron chi connectivity index (χ0n) is 14.7. The summed E-state index contributed by atoms with van der Waals surface area (Å²) in [5, 5.41) is 3.84. The zero-order chi connectivity index (χ0) is 15.7. The van der Waals surface area contributed by atoms with Crippen LogP contribution in [-0.4, -0.2) is 30.1 Å². The second-order valence-electron chi connectivity index (χ2n) is 5.78. The van der Waals surface area contributed by atoms with Crippen molar-refractivity contribution < 1.29 is 0 Å². The first kappa shape index (κ1) is 18.2. The molecule has 1 unspecified atom stereocenters. The predicted molar refractivity (Wildman–Crippen MR) is 93.7 cm³/mol. The summed E-state index contributed by atoms with van der Waals surface area (Å²) in [7, 11) is 0. The molecule has 21 heavy (non-hydrogen) atoms. The highest BCUT2D eigenvalue weighted by Crippen LogP contribution is 2.37. The molecule has 0 heterocycles. The van der Waals surface area contributed by atoms with Crippen LogP contribution in [0.3, 0.4) is 0 Å². The van der Waals surface area contributed by atoms with Gasteiger partial charge >= 0.3 is 0 Å². The molecule has 0 saturated heterocycles. The maximum absolute atomic E-state index is 3.84. The molecule has 1 aromatic rings. The lowest BCUT2D eigenvalue weighted by molar-refractivity contribution is 0.0487. The summed E-state index contributed by atoms with van der Waals surface area (Å²) in [5.74, 6) is 0. The number of nitrogens with zero attached hydrogens (tertiary/aromatic N) is 1. The Morgan fingerprint density at radius 3 is 1.95 bits per heavy atom. The molecule has 1 aromatic carbocycles. The van der Waals surface area contributed by atoms with Crippen molar-refractivity contribution in [3.8, 4) is 0 Å². The van der Waals surface area contributed by atoms with Gasteiger partial charge in [-0.05, 0) is 44.5 Å². The van der Waals surface area contributed by atoms with Gasteiger partial charge in [0, 0.05) is 5.54 Å². The molecule has 0 bridgehead atoms. The van der Waals surface area contributed by atoms with Gasteiger partial charge in [0.2, 0.25) is 0 Å². The lowest BCUT2D eigenvalue weighted by Crippen LogP contribution is -2.56. The van der Waals surface area contributed by atoms with Gasteiger partial charge in [-0.25, -0.2) is 0 Å². The van der Waals surface area contributed by atoms with Crippen molar-refractivity contribution in [1.82, 2.24) is 10.2 Å². The van der Waals surface area contributed by atoms with Gasteiger partial charge in [0.15, 0.2) is 0 Å². The summed E-state index contributed by atoms with van der Waals surface area (Å²) < 4.78 is 0. The minimum atomic E-state index is 0.194. The third-order valence-corrected chi connectivity index (χ3v) is 4.89. The molecule has 1 rings (SSSR count). The molecule has 0 radical (unpaired) electrons. The van der Waals surface area contributed by atoms with Gasteiger partial charge in [0.05, 0.1) is 6.04 Å². The normalized spacial score (nSPS) is 13.6. The van der Waals surface area contributed by atoms with Gasteiger partial charge in [-0.15, -0.1) is 0 Å². The Labute approximate surface area is 131 Å². The minimum absolute atomic E-state index is 0.194. The van der Waals surface area contributed by atoms with E-state index in [1.165, 1.54) is 24.8 Å². The van der Waals surface area contributed by atoms with Crippen molar-refractivity contribution in [3.63, 3.8) is 0 Å². The number of benzene rings is 1. The fourth-order valence-electron chi connectivity index (χ4n) is 3.69. The van der Waals surface area contributed by atoms with Gasteiger partial charge in [-0.3, -0.25) is 4.90 Å². The Morgan fingerprint density at radius 2 is 1.52 bits per heavy atom. The highest BCUT2D eigenvalue weighted by atomic mass is 15.2. The maximum Gasteiger partial charge on any atom is 0.0507 e. The predicted octanol–water partition coefficient (Wildman–Crippen LogP) is 4.63. The van der Waals surface area contributed by atoms with Crippen LogP contribution in [0.5, 0.6) is 0 Å². The maximum atomic E-state index is 3.84. The zero-order valence-corrected chi connectivity index (χ0v) is 14.7. The first-order valence-corrected chi connectivity index (χ1v) is 8.73. The molecule has 0 saturated carbocycles. The minimum Gasteiger partial charge on any atom is -0.308 e. The Balaban J connectivity index is 3.23. The topological polar surface area (TPSA) is 15.3 Å². The van der Waals surface area contributed by atoms with Crippen molar-refractivity contribution >= 4 is 0 Å². The van der Waals surface area contributed by atoms with E-state index in [0.29, 0.717) is 6.04 Å². The third-order valence-electron chi connectivity index (χ3n) is 4.89. The van der Waals surface area contributed by atoms with Crippen LogP contribution < -0.4 is 5.32 Å². The smallest absolute Gasteiger partial charge is 0.0507 e. The molecule has 2 nitrogen and oxygen atoms in total. The molecule has 1 N–H and O–H groups in total. The Kier molecular flexibility index (Phi) is 7.98. The van der Waals surface area contributed by atoms with Crippen molar-refractivity contribution in [2.45, 2.75) is 65.5 Å². The summed E-state index contributed by atoms with van der Waals surface area (Å²) in [6.45, 7) is 14.8. The highest BCUT2D eigenvalue weighted by molar-refractivity contribution is 5.23. The fourth-order valence-corrected chi connectivity index (χ4v) is 3.69. The van der Waals surface area contributed by atoms with E-state index in [1.54, 1.807) is 0 Å². The quantitative estimate of drug-likeness (QED) is 0.676. The van der Waals surface area contributed by atoms with E-state index in [-0.39, 0.29) is 5.54 Å². The number of hydrogen-bond acceptors (Lipinski definition) is 2. The molecule has 0 aliphatic carbocycles. The second-order valence-corrected chi connectivity index (χ2v) is 5.78. The standard InChI is InChI=1S/C19H34N2/c1-6-16-20-18(17-14-12-11-13-15-17)19(7-2,8-3)21(9-4)10-5/h11-15,18,20H,6-10,16H2,1-5H3. The Hall–Kier alpha value is -0.860. The molecule has 2 heteroatoms. The SMILES string of the molecule is CCCNC(c1ccccc1)C(CC)(CC)N(CC)CC. The van der Waals surface area contributed by atoms with Crippen molar-refractivity contribution in [2.75, 3.05) is 19.6 Å². The lowest BCUT2D eigenvalue weighted by atomic mass is 9.79. The summed E-state index contributed by atoms with van der Waals surface area (Å²) in [6, 6.07) is 11.4. The van der Waals surface area contributed by atoms with E-state index in [1.807, 2.05) is 0 Å². The van der Waals surface area contributed by atoms with E-state index in [4.69, 9.17) is 0 Å². The summed E-state index contributed by atoms with van der Waals surface area (Å²) in [5.41, 5.74) is 1.61. The molecule has 0 spiro atoms. The average Bonchev–Trinajstić information content (AvgIpc) is 2.55. The van der Waals surface area contributed by atoms with Gasteiger partial charge in [0.1, 0.15) is 0 Å². The van der Waals surface area contributed by atoms with Crippen LogP contribution in [0.2, 0.25) is 0 Å². The van der Waals surface area contributed by atoms with E-state index in [9.17, 15) is 0 Å². The van der Waals surface area contributed by atoms with Gasteiger partial charge in [-0.1, -0.05) is 65.0 Å². The van der Waals surface area contributed by atoms with Crippen molar-refractivity contribution in [1.29, 1.82) is 0 Å². The molecule has 120 valence electrons. The van der Waals surface area contributed by atoms with Crippen LogP contribution in [0.1, 0.15) is 65.5 Å². The number of hydrogen-bond donors (Lipinski definition) is 1. The summed E-state index contributed by atoms with van der Waals surface area (Å²) in [6.07, 6.45) is 3.51. The largest absolute Gasteiger partial charge is 0.308 e. The molecule has 0 fully saturated rings. The molecular formula is C19H34N2. The van der Waals surface area contributed by atoms with Crippen LogP contribution in [0.4, 0.5) is 0 Å². The van der Waals surface area contributed by atoms with Gasteiger partial charge in [-0.2, -0.15) is 0 Å². The third kappa shape index (κ3) is 4.08. The van der Waals surface area contributed by atoms with E-state index < -0.39 is 0 Å². The fraction of sp³-hybridized carbons (Fsp3) is 0.684. The van der Waals surface area contributed by atoms with Crippen LogP contribution in [0.15, 0.2) is 30.3 Å². The summed E-state index contributed by atoms with van der Waals surface area (Å²) in [4.78, 5) is 2.65. The van der Waals surface area contributed by atoms with Crippen molar-refractivity contribution in [3.05, 3.63) is 35.9 Å².